The molecule has 0 aromatic heterocycles. The van der Waals surface area contributed by atoms with Crippen LogP contribution in [0.3, 0.4) is 0 Å². The largest absolute Gasteiger partial charge is 0.340 e. The Morgan fingerprint density at radius 3 is 2.64 bits per heavy atom. The fourth-order valence-corrected chi connectivity index (χ4v) is 1.86. The first-order chi connectivity index (χ1) is 6.52. The third-order valence-electron chi connectivity index (χ3n) is 3.14. The quantitative estimate of drug-likeness (QED) is 0.744. The van der Waals surface area contributed by atoms with Gasteiger partial charge in [-0.25, -0.2) is 0 Å². The molecular weight excluding hydrogens is 176 g/mol. The van der Waals surface area contributed by atoms with E-state index < -0.39 is 0 Å². The Hall–Kier alpha value is -0.570. The zero-order valence-electron chi connectivity index (χ0n) is 9.49. The molecule has 3 heteroatoms. The first-order valence-corrected chi connectivity index (χ1v) is 5.57. The van der Waals surface area contributed by atoms with Crippen LogP contribution in [-0.4, -0.2) is 29.4 Å². The van der Waals surface area contributed by atoms with E-state index in [4.69, 9.17) is 5.73 Å². The fourth-order valence-electron chi connectivity index (χ4n) is 1.86. The molecular formula is C11H22N2O. The minimum absolute atomic E-state index is 0.00954. The van der Waals surface area contributed by atoms with Crippen molar-refractivity contribution in [2.75, 3.05) is 6.54 Å². The summed E-state index contributed by atoms with van der Waals surface area (Å²) in [6.07, 6.45) is 2.79. The molecule has 1 amide bonds. The Balaban J connectivity index is 2.41. The molecule has 14 heavy (non-hydrogen) atoms. The molecule has 0 aromatic rings. The van der Waals surface area contributed by atoms with Gasteiger partial charge in [0.05, 0.1) is 0 Å². The Bertz CT molecular complexity index is 203. The first-order valence-electron chi connectivity index (χ1n) is 5.57. The maximum absolute atomic E-state index is 11.8. The highest BCUT2D eigenvalue weighted by atomic mass is 16.2. The van der Waals surface area contributed by atoms with Gasteiger partial charge in [-0.2, -0.15) is 0 Å². The van der Waals surface area contributed by atoms with E-state index in [1.54, 1.807) is 0 Å². The molecule has 2 atom stereocenters. The maximum atomic E-state index is 11.8. The molecule has 0 bridgehead atoms. The van der Waals surface area contributed by atoms with Crippen molar-refractivity contribution in [2.45, 2.75) is 52.1 Å². The van der Waals surface area contributed by atoms with Crippen LogP contribution in [0.25, 0.3) is 0 Å². The van der Waals surface area contributed by atoms with Gasteiger partial charge in [0.15, 0.2) is 0 Å². The first kappa shape index (κ1) is 11.5. The summed E-state index contributed by atoms with van der Waals surface area (Å²) < 4.78 is 0. The minimum Gasteiger partial charge on any atom is -0.340 e. The normalized spacial score (nSPS) is 24.4. The van der Waals surface area contributed by atoms with Crippen molar-refractivity contribution in [1.29, 1.82) is 0 Å². The van der Waals surface area contributed by atoms with Gasteiger partial charge in [0, 0.05) is 25.0 Å². The van der Waals surface area contributed by atoms with E-state index in [1.807, 2.05) is 4.90 Å². The average Bonchev–Trinajstić information content (AvgIpc) is 2.51. The molecule has 0 saturated carbocycles. The smallest absolute Gasteiger partial charge is 0.224 e. The zero-order chi connectivity index (χ0) is 10.7. The molecule has 0 radical (unpaired) electrons. The summed E-state index contributed by atoms with van der Waals surface area (Å²) in [5, 5.41) is 0. The van der Waals surface area contributed by atoms with Gasteiger partial charge in [0.2, 0.25) is 5.91 Å². The minimum atomic E-state index is 0.00954. The van der Waals surface area contributed by atoms with Crippen LogP contribution in [0, 0.1) is 5.92 Å². The number of carbonyl (C=O) groups excluding carboxylic acids is 1. The van der Waals surface area contributed by atoms with Gasteiger partial charge >= 0.3 is 0 Å². The highest BCUT2D eigenvalue weighted by Crippen LogP contribution is 2.18. The molecule has 1 saturated heterocycles. The summed E-state index contributed by atoms with van der Waals surface area (Å²) in [6, 6.07) is 0.428. The Labute approximate surface area is 86.6 Å². The Morgan fingerprint density at radius 1 is 1.57 bits per heavy atom. The van der Waals surface area contributed by atoms with E-state index in [-0.39, 0.29) is 11.9 Å². The molecule has 1 aliphatic rings. The lowest BCUT2D eigenvalue weighted by atomic mass is 10.0. The molecule has 1 heterocycles. The van der Waals surface area contributed by atoms with E-state index in [0.29, 0.717) is 18.4 Å². The van der Waals surface area contributed by atoms with Crippen molar-refractivity contribution in [3.8, 4) is 0 Å². The van der Waals surface area contributed by atoms with Crippen LogP contribution in [0.1, 0.15) is 40.0 Å². The van der Waals surface area contributed by atoms with Crippen molar-refractivity contribution in [2.24, 2.45) is 11.7 Å². The Kier molecular flexibility index (Phi) is 3.93. The van der Waals surface area contributed by atoms with Crippen LogP contribution in [-0.2, 0) is 4.79 Å². The van der Waals surface area contributed by atoms with Crippen molar-refractivity contribution < 1.29 is 4.79 Å². The Morgan fingerprint density at radius 2 is 2.21 bits per heavy atom. The van der Waals surface area contributed by atoms with E-state index in [1.165, 1.54) is 0 Å². The van der Waals surface area contributed by atoms with E-state index in [0.717, 1.165) is 19.4 Å². The third-order valence-corrected chi connectivity index (χ3v) is 3.14. The predicted octanol–water partition coefficient (Wildman–Crippen LogP) is 1.37. The molecule has 0 aromatic carbocycles. The molecule has 1 aliphatic heterocycles. The topological polar surface area (TPSA) is 46.3 Å². The molecule has 1 fully saturated rings. The lowest BCUT2D eigenvalue weighted by Gasteiger charge is -2.24. The number of hydrogen-bond donors (Lipinski definition) is 1. The third kappa shape index (κ3) is 2.71. The van der Waals surface area contributed by atoms with Gasteiger partial charge in [-0.3, -0.25) is 4.79 Å². The summed E-state index contributed by atoms with van der Waals surface area (Å²) in [6.45, 7) is 7.16. The zero-order valence-corrected chi connectivity index (χ0v) is 9.49. The van der Waals surface area contributed by atoms with E-state index >= 15 is 0 Å². The number of nitrogens with zero attached hydrogens (tertiary/aromatic N) is 1. The molecule has 0 spiro atoms. The van der Waals surface area contributed by atoms with E-state index in [9.17, 15) is 4.79 Å². The second kappa shape index (κ2) is 4.78. The summed E-state index contributed by atoms with van der Waals surface area (Å²) in [5.74, 6) is 0.619. The van der Waals surface area contributed by atoms with Gasteiger partial charge in [-0.15, -0.1) is 0 Å². The van der Waals surface area contributed by atoms with Crippen molar-refractivity contribution >= 4 is 5.91 Å². The molecule has 3 nitrogen and oxygen atoms in total. The van der Waals surface area contributed by atoms with Crippen LogP contribution in [0.15, 0.2) is 0 Å². The van der Waals surface area contributed by atoms with Crippen LogP contribution in [0.4, 0.5) is 0 Å². The van der Waals surface area contributed by atoms with Crippen molar-refractivity contribution in [1.82, 2.24) is 4.90 Å². The fraction of sp³-hybridized carbons (Fsp3) is 0.909. The lowest BCUT2D eigenvalue weighted by molar-refractivity contribution is -0.132. The number of hydrogen-bond acceptors (Lipinski definition) is 2. The number of carbonyl (C=O) groups is 1. The van der Waals surface area contributed by atoms with Gasteiger partial charge in [0.25, 0.3) is 0 Å². The monoisotopic (exact) mass is 198 g/mol. The van der Waals surface area contributed by atoms with Crippen LogP contribution < -0.4 is 5.73 Å². The summed E-state index contributed by atoms with van der Waals surface area (Å²) in [4.78, 5) is 13.8. The van der Waals surface area contributed by atoms with E-state index in [2.05, 4.69) is 20.8 Å². The van der Waals surface area contributed by atoms with Crippen molar-refractivity contribution in [3.05, 3.63) is 0 Å². The second-order valence-electron chi connectivity index (χ2n) is 4.69. The van der Waals surface area contributed by atoms with Gasteiger partial charge in [-0.05, 0) is 25.7 Å². The predicted molar refractivity (Wildman–Crippen MR) is 57.8 cm³/mol. The van der Waals surface area contributed by atoms with Crippen LogP contribution >= 0.6 is 0 Å². The van der Waals surface area contributed by atoms with Gasteiger partial charge in [-0.1, -0.05) is 13.8 Å². The SMILES string of the molecule is CC(C)C(N)CC(=O)N1CCCC1C. The second-order valence-corrected chi connectivity index (χ2v) is 4.69. The summed E-state index contributed by atoms with van der Waals surface area (Å²) in [5.41, 5.74) is 5.88. The summed E-state index contributed by atoms with van der Waals surface area (Å²) >= 11 is 0. The van der Waals surface area contributed by atoms with Crippen LogP contribution in [0.2, 0.25) is 0 Å². The van der Waals surface area contributed by atoms with Gasteiger partial charge in [0.1, 0.15) is 0 Å². The lowest BCUT2D eigenvalue weighted by Crippen LogP contribution is -2.39. The molecule has 82 valence electrons. The molecule has 2 N–H and O–H groups in total. The highest BCUT2D eigenvalue weighted by molar-refractivity contribution is 5.77. The van der Waals surface area contributed by atoms with Crippen LogP contribution in [0.5, 0.6) is 0 Å². The number of rotatable bonds is 3. The van der Waals surface area contributed by atoms with Crippen molar-refractivity contribution in [3.63, 3.8) is 0 Å². The molecule has 0 aliphatic carbocycles. The van der Waals surface area contributed by atoms with Gasteiger partial charge < -0.3 is 10.6 Å². The standard InChI is InChI=1S/C11H22N2O/c1-8(2)10(12)7-11(14)13-6-4-5-9(13)3/h8-10H,4-7,12H2,1-3H3. The molecule has 1 rings (SSSR count). The number of likely N-dealkylation sites (tertiary alicyclic amines) is 1. The highest BCUT2D eigenvalue weighted by Gasteiger charge is 2.26. The maximum Gasteiger partial charge on any atom is 0.224 e. The average molecular weight is 198 g/mol. The number of nitrogens with two attached hydrogens (primary N) is 1. The summed E-state index contributed by atoms with van der Waals surface area (Å²) in [7, 11) is 0. The number of amides is 1. The molecule has 2 unspecified atom stereocenters.